The Labute approximate surface area is 263 Å². The molecule has 4 heteroatoms. The molecule has 0 aromatic heterocycles. The van der Waals surface area contributed by atoms with Gasteiger partial charge in [-0.3, -0.25) is 0 Å². The van der Waals surface area contributed by atoms with Gasteiger partial charge in [0.2, 0.25) is 0 Å². The van der Waals surface area contributed by atoms with Crippen LogP contribution in [0.2, 0.25) is 0 Å². The molecule has 2 aliphatic rings. The van der Waals surface area contributed by atoms with Gasteiger partial charge in [-0.25, -0.2) is 0 Å². The average molecular weight is 533 g/mol. The zero-order chi connectivity index (χ0) is 26.2. The minimum atomic E-state index is 0. The summed E-state index contributed by atoms with van der Waals surface area (Å²) in [5.74, 6) is 0. The first kappa shape index (κ1) is 31.5. The summed E-state index contributed by atoms with van der Waals surface area (Å²) in [6, 6.07) is 36.8. The minimum absolute atomic E-state index is 0. The molecular weight excluding hydrogens is 494 g/mol. The van der Waals surface area contributed by atoms with E-state index in [0.29, 0.717) is 13.0 Å². The number of hydrogen-bond acceptors (Lipinski definition) is 2. The normalized spacial score (nSPS) is 12.5. The number of hydrogen-bond donors (Lipinski definition) is 1. The first-order valence-corrected chi connectivity index (χ1v) is 13.6. The molecule has 0 radical (unpaired) electrons. The number of benzene rings is 4. The van der Waals surface area contributed by atoms with Crippen molar-refractivity contribution >= 4 is 28.5 Å². The molecule has 196 valence electrons. The van der Waals surface area contributed by atoms with Crippen molar-refractivity contribution < 1.29 is 20.3 Å². The zero-order valence-corrected chi connectivity index (χ0v) is 22.9. The summed E-state index contributed by atoms with van der Waals surface area (Å²) in [7, 11) is 0. The molecule has 2 aliphatic carbocycles. The van der Waals surface area contributed by atoms with Gasteiger partial charge < -0.3 is 7.16 Å². The second-order valence-corrected chi connectivity index (χ2v) is 9.80. The molecule has 0 atom stereocenters. The predicted octanol–water partition coefficient (Wildman–Crippen LogP) is 3.63. The van der Waals surface area contributed by atoms with Gasteiger partial charge >= 0.3 is 18.9 Å². The van der Waals surface area contributed by atoms with E-state index in [-0.39, 0.29) is 37.6 Å². The number of nitrogens with zero attached hydrogens (tertiary/aromatic N) is 1. The Hall–Kier alpha value is -3.06. The van der Waals surface area contributed by atoms with Crippen molar-refractivity contribution in [2.75, 3.05) is 6.54 Å². The first-order chi connectivity index (χ1) is 18.8. The largest absolute Gasteiger partial charge is 1.00 e. The van der Waals surface area contributed by atoms with E-state index in [0.717, 1.165) is 32.1 Å². The Morgan fingerprint density at radius 2 is 0.925 bits per heavy atom. The van der Waals surface area contributed by atoms with E-state index in [1.54, 1.807) is 0 Å². The summed E-state index contributed by atoms with van der Waals surface area (Å²) in [4.78, 5) is 0. The third-order valence-electron chi connectivity index (χ3n) is 7.47. The van der Waals surface area contributed by atoms with Crippen LogP contribution in [0.4, 0.5) is 0 Å². The summed E-state index contributed by atoms with van der Waals surface area (Å²) in [6.45, 7) is 0.702. The van der Waals surface area contributed by atoms with E-state index < -0.39 is 0 Å². The molecule has 0 heterocycles. The number of allylic oxidation sites excluding steroid dienone is 1. The fourth-order valence-electron chi connectivity index (χ4n) is 5.65. The van der Waals surface area contributed by atoms with E-state index in [9.17, 15) is 0 Å². The van der Waals surface area contributed by atoms with Gasteiger partial charge in [-0.2, -0.15) is 5.26 Å². The summed E-state index contributed by atoms with van der Waals surface area (Å²) in [5, 5.41) is 8.87. The van der Waals surface area contributed by atoms with Crippen LogP contribution in [-0.4, -0.2) is 23.9 Å². The van der Waals surface area contributed by atoms with Gasteiger partial charge in [-0.15, -0.1) is 0 Å². The van der Waals surface area contributed by atoms with Crippen LogP contribution in [-0.2, 0) is 25.7 Å². The van der Waals surface area contributed by atoms with Crippen molar-refractivity contribution in [1.29, 1.82) is 5.26 Å². The maximum Gasteiger partial charge on any atom is 1.00 e. The number of aryl methyl sites for hydroxylation is 4. The van der Waals surface area contributed by atoms with Gasteiger partial charge in [-0.1, -0.05) is 109 Å². The second kappa shape index (κ2) is 15.7. The molecule has 40 heavy (non-hydrogen) atoms. The molecule has 6 rings (SSSR count). The number of rotatable bonds is 3. The first-order valence-electron chi connectivity index (χ1n) is 13.6. The Bertz CT molecular complexity index is 1440. The molecule has 0 unspecified atom stereocenters. The molecule has 0 fully saturated rings. The van der Waals surface area contributed by atoms with Crippen LogP contribution in [0.1, 0.15) is 58.8 Å². The molecule has 0 saturated heterocycles. The van der Waals surface area contributed by atoms with E-state index >= 15 is 0 Å². The van der Waals surface area contributed by atoms with E-state index in [1.807, 2.05) is 0 Å². The monoisotopic (exact) mass is 532 g/mol. The second-order valence-electron chi connectivity index (χ2n) is 9.80. The Balaban J connectivity index is 0.000000267. The maximum absolute atomic E-state index is 8.87. The SMILES string of the molecule is N#CCC=C1c2ccccc2CCc2ccccc21.NCCC=C1c2ccccc2CCc2ccccc21.[AlH3].[H-].[Li+]. The summed E-state index contributed by atoms with van der Waals surface area (Å²) in [6.07, 6.45) is 10.1. The maximum atomic E-state index is 8.87. The van der Waals surface area contributed by atoms with Crippen molar-refractivity contribution in [3.8, 4) is 6.07 Å². The number of fused-ring (bicyclic) bond motifs is 4. The zero-order valence-electron chi connectivity index (χ0n) is 23.9. The fraction of sp³-hybridized carbons (Fsp3) is 0.194. The standard InChI is InChI=1S/C18H19N.C18H15N.Al.Li.4H/c2*19-13-5-10-18-16-8-3-1-6-14(16)11-12-15-7-2-4-9-17(15)18;;;;;;/h1-4,6-10H,5,11-13,19H2;1-4,6-10H,5,11-12H2;;;;;;/q;;;+1;;;;-1. The molecule has 0 saturated carbocycles. The predicted molar refractivity (Wildman–Crippen MR) is 170 cm³/mol. The minimum Gasteiger partial charge on any atom is -1.00 e. The van der Waals surface area contributed by atoms with Crippen molar-refractivity contribution in [1.82, 2.24) is 0 Å². The van der Waals surface area contributed by atoms with Crippen LogP contribution in [0, 0.1) is 11.3 Å². The Morgan fingerprint density at radius 1 is 0.600 bits per heavy atom. The van der Waals surface area contributed by atoms with Gasteiger partial charge in [0.05, 0.1) is 12.5 Å². The van der Waals surface area contributed by atoms with E-state index in [4.69, 9.17) is 11.0 Å². The van der Waals surface area contributed by atoms with E-state index in [1.165, 1.54) is 55.7 Å². The number of nitrogens with two attached hydrogens (primary N) is 1. The van der Waals surface area contributed by atoms with Gasteiger partial charge in [0, 0.05) is 0 Å². The molecule has 0 amide bonds. The molecular formula is C36H38AlLiN2. The molecule has 2 N–H and O–H groups in total. The number of nitriles is 1. The van der Waals surface area contributed by atoms with Crippen molar-refractivity contribution in [2.24, 2.45) is 5.73 Å². The van der Waals surface area contributed by atoms with Crippen molar-refractivity contribution in [2.45, 2.75) is 38.5 Å². The van der Waals surface area contributed by atoms with Crippen molar-refractivity contribution in [3.63, 3.8) is 0 Å². The topological polar surface area (TPSA) is 49.8 Å². The van der Waals surface area contributed by atoms with Crippen LogP contribution >= 0.6 is 0 Å². The molecule has 4 aromatic carbocycles. The van der Waals surface area contributed by atoms with Crippen LogP contribution in [0.3, 0.4) is 0 Å². The third-order valence-corrected chi connectivity index (χ3v) is 7.47. The van der Waals surface area contributed by atoms with Crippen LogP contribution in [0.5, 0.6) is 0 Å². The molecule has 0 spiro atoms. The molecule has 2 nitrogen and oxygen atoms in total. The average Bonchev–Trinajstić information content (AvgIpc) is 3.23. The van der Waals surface area contributed by atoms with Gasteiger partial charge in [0.15, 0.2) is 17.4 Å². The fourth-order valence-corrected chi connectivity index (χ4v) is 5.65. The van der Waals surface area contributed by atoms with Gasteiger partial charge in [0.25, 0.3) is 0 Å². The third kappa shape index (κ3) is 7.17. The molecule has 0 bridgehead atoms. The Kier molecular flexibility index (Phi) is 12.3. The van der Waals surface area contributed by atoms with Crippen molar-refractivity contribution in [3.05, 3.63) is 154 Å². The van der Waals surface area contributed by atoms with Gasteiger partial charge in [-0.05, 0) is 94.3 Å². The summed E-state index contributed by atoms with van der Waals surface area (Å²) >= 11 is 0. The summed E-state index contributed by atoms with van der Waals surface area (Å²) < 4.78 is 0. The molecule has 0 aliphatic heterocycles. The molecule has 4 aromatic rings. The van der Waals surface area contributed by atoms with E-state index in [2.05, 4.69) is 115 Å². The summed E-state index contributed by atoms with van der Waals surface area (Å²) in [5.41, 5.74) is 19.2. The van der Waals surface area contributed by atoms with Gasteiger partial charge in [0.1, 0.15) is 0 Å². The van der Waals surface area contributed by atoms with Crippen LogP contribution in [0.15, 0.2) is 109 Å². The quantitative estimate of drug-likeness (QED) is 0.410. The Morgan fingerprint density at radius 3 is 1.25 bits per heavy atom. The smallest absolute Gasteiger partial charge is 1.00 e. The van der Waals surface area contributed by atoms with Crippen LogP contribution < -0.4 is 24.6 Å². The van der Waals surface area contributed by atoms with Crippen LogP contribution in [0.25, 0.3) is 11.1 Å².